The Kier molecular flexibility index (Phi) is 5.11. The van der Waals surface area contributed by atoms with Gasteiger partial charge in [-0.15, -0.1) is 12.4 Å². The second-order valence-electron chi connectivity index (χ2n) is 6.84. The average Bonchev–Trinajstić information content (AvgIpc) is 3.20. The number of anilines is 1. The first-order valence-corrected chi connectivity index (χ1v) is 8.66. The molecule has 25 heavy (non-hydrogen) atoms. The van der Waals surface area contributed by atoms with Crippen LogP contribution in [-0.4, -0.2) is 16.0 Å². The maximum Gasteiger partial charge on any atom is 0.246 e. The van der Waals surface area contributed by atoms with Gasteiger partial charge < -0.3 is 15.2 Å². The van der Waals surface area contributed by atoms with Crippen LogP contribution < -0.4 is 10.6 Å². The van der Waals surface area contributed by atoms with Gasteiger partial charge in [0.25, 0.3) is 0 Å². The van der Waals surface area contributed by atoms with Gasteiger partial charge in [-0.2, -0.15) is 4.98 Å². The molecule has 1 aromatic heterocycles. The first-order valence-electron chi connectivity index (χ1n) is 8.66. The molecule has 0 unspecified atom stereocenters. The van der Waals surface area contributed by atoms with Crippen LogP contribution in [0.2, 0.25) is 0 Å². The smallest absolute Gasteiger partial charge is 0.246 e. The SMILES string of the molecule is Cl.NC1(c2noc(CN3C(=O)CCCc4ccccc43)n2)CCCC1. The van der Waals surface area contributed by atoms with Crippen LogP contribution in [0.15, 0.2) is 28.8 Å². The van der Waals surface area contributed by atoms with Gasteiger partial charge in [0.15, 0.2) is 5.82 Å². The van der Waals surface area contributed by atoms with Crippen LogP contribution in [-0.2, 0) is 23.3 Å². The summed E-state index contributed by atoms with van der Waals surface area (Å²) >= 11 is 0. The van der Waals surface area contributed by atoms with Crippen molar-refractivity contribution in [1.29, 1.82) is 0 Å². The lowest BCUT2D eigenvalue weighted by atomic mass is 9.99. The lowest BCUT2D eigenvalue weighted by molar-refractivity contribution is -0.118. The summed E-state index contributed by atoms with van der Waals surface area (Å²) in [6.07, 6.45) is 6.29. The Bertz CT molecular complexity index is 755. The predicted molar refractivity (Wildman–Crippen MR) is 96.4 cm³/mol. The fourth-order valence-electron chi connectivity index (χ4n) is 3.74. The number of hydrogen-bond acceptors (Lipinski definition) is 5. The Morgan fingerprint density at radius 1 is 1.16 bits per heavy atom. The molecule has 2 aromatic rings. The van der Waals surface area contributed by atoms with E-state index in [1.165, 1.54) is 5.56 Å². The van der Waals surface area contributed by atoms with Crippen LogP contribution in [0.1, 0.15) is 55.8 Å². The number of benzene rings is 1. The van der Waals surface area contributed by atoms with E-state index in [2.05, 4.69) is 16.2 Å². The monoisotopic (exact) mass is 362 g/mol. The standard InChI is InChI=1S/C18H22N4O2.ClH/c19-18(10-3-4-11-18)17-20-15(24-21-17)12-22-14-8-2-1-6-13(14)7-5-9-16(22)23;/h1-2,6,8H,3-5,7,9-12,19H2;1H. The largest absolute Gasteiger partial charge is 0.337 e. The van der Waals surface area contributed by atoms with Crippen molar-refractivity contribution in [2.75, 3.05) is 4.90 Å². The van der Waals surface area contributed by atoms with Gasteiger partial charge in [-0.05, 0) is 37.3 Å². The number of aromatic nitrogens is 2. The molecule has 0 radical (unpaired) electrons. The van der Waals surface area contributed by atoms with E-state index in [-0.39, 0.29) is 18.3 Å². The number of nitrogens with two attached hydrogens (primary N) is 1. The number of halogens is 1. The molecule has 1 aliphatic heterocycles. The minimum absolute atomic E-state index is 0. The second-order valence-corrected chi connectivity index (χ2v) is 6.84. The van der Waals surface area contributed by atoms with Crippen LogP contribution in [0.4, 0.5) is 5.69 Å². The molecule has 4 rings (SSSR count). The molecule has 0 saturated heterocycles. The molecule has 0 spiro atoms. The summed E-state index contributed by atoms with van der Waals surface area (Å²) in [6.45, 7) is 0.304. The summed E-state index contributed by atoms with van der Waals surface area (Å²) < 4.78 is 5.41. The number of hydrogen-bond donors (Lipinski definition) is 1. The molecular weight excluding hydrogens is 340 g/mol. The van der Waals surface area contributed by atoms with E-state index >= 15 is 0 Å². The van der Waals surface area contributed by atoms with Crippen LogP contribution in [0.3, 0.4) is 0 Å². The number of carbonyl (C=O) groups excluding carboxylic acids is 1. The molecule has 6 nitrogen and oxygen atoms in total. The summed E-state index contributed by atoms with van der Waals surface area (Å²) in [5.41, 5.74) is 8.06. The number of rotatable bonds is 3. The Morgan fingerprint density at radius 3 is 2.72 bits per heavy atom. The molecule has 2 heterocycles. The average molecular weight is 363 g/mol. The zero-order valence-electron chi connectivity index (χ0n) is 14.1. The Hall–Kier alpha value is -1.92. The van der Waals surface area contributed by atoms with Crippen molar-refractivity contribution in [2.45, 2.75) is 57.0 Å². The first-order chi connectivity index (χ1) is 11.7. The number of aryl methyl sites for hydroxylation is 1. The van der Waals surface area contributed by atoms with Crippen LogP contribution in [0.5, 0.6) is 0 Å². The van der Waals surface area contributed by atoms with E-state index < -0.39 is 5.54 Å². The Balaban J connectivity index is 0.00000182. The lowest BCUT2D eigenvalue weighted by Gasteiger charge is -2.21. The molecular formula is C18H23ClN4O2. The van der Waals surface area contributed by atoms with E-state index in [4.69, 9.17) is 10.3 Å². The highest BCUT2D eigenvalue weighted by Crippen LogP contribution is 2.35. The Labute approximate surface area is 153 Å². The van der Waals surface area contributed by atoms with Gasteiger partial charge >= 0.3 is 0 Å². The molecule has 2 aliphatic rings. The van der Waals surface area contributed by atoms with E-state index in [9.17, 15) is 4.79 Å². The van der Waals surface area contributed by atoms with Crippen LogP contribution in [0, 0.1) is 0 Å². The fraction of sp³-hybridized carbons (Fsp3) is 0.500. The maximum absolute atomic E-state index is 12.5. The summed E-state index contributed by atoms with van der Waals surface area (Å²) in [7, 11) is 0. The number of carbonyl (C=O) groups is 1. The molecule has 7 heteroatoms. The zero-order chi connectivity index (χ0) is 16.6. The fourth-order valence-corrected chi connectivity index (χ4v) is 3.74. The third-order valence-corrected chi connectivity index (χ3v) is 5.12. The molecule has 1 amide bonds. The maximum atomic E-state index is 12.5. The minimum Gasteiger partial charge on any atom is -0.337 e. The van der Waals surface area contributed by atoms with Crippen LogP contribution in [0.25, 0.3) is 0 Å². The third-order valence-electron chi connectivity index (χ3n) is 5.12. The van der Waals surface area contributed by atoms with Crippen molar-refractivity contribution in [2.24, 2.45) is 5.73 Å². The summed E-state index contributed by atoms with van der Waals surface area (Å²) in [4.78, 5) is 18.8. The molecule has 1 aromatic carbocycles. The number of nitrogens with zero attached hydrogens (tertiary/aromatic N) is 3. The van der Waals surface area contributed by atoms with E-state index in [1.807, 2.05) is 18.2 Å². The lowest BCUT2D eigenvalue weighted by Crippen LogP contribution is -2.34. The predicted octanol–water partition coefficient (Wildman–Crippen LogP) is 3.09. The van der Waals surface area contributed by atoms with Crippen molar-refractivity contribution in [3.05, 3.63) is 41.5 Å². The highest BCUT2D eigenvalue weighted by molar-refractivity contribution is 5.94. The number of para-hydroxylation sites is 1. The molecule has 0 bridgehead atoms. The van der Waals surface area contributed by atoms with Gasteiger partial charge in [-0.1, -0.05) is 36.2 Å². The minimum atomic E-state index is -0.470. The summed E-state index contributed by atoms with van der Waals surface area (Å²) in [5, 5.41) is 4.09. The zero-order valence-corrected chi connectivity index (χ0v) is 14.9. The van der Waals surface area contributed by atoms with E-state index in [1.54, 1.807) is 4.90 Å². The van der Waals surface area contributed by atoms with Crippen molar-refractivity contribution in [3.8, 4) is 0 Å². The van der Waals surface area contributed by atoms with Gasteiger partial charge in [0.1, 0.15) is 6.54 Å². The normalized spacial score (nSPS) is 19.2. The van der Waals surface area contributed by atoms with Crippen molar-refractivity contribution in [1.82, 2.24) is 10.1 Å². The van der Waals surface area contributed by atoms with E-state index in [0.717, 1.165) is 44.2 Å². The second kappa shape index (κ2) is 7.14. The van der Waals surface area contributed by atoms with E-state index in [0.29, 0.717) is 24.7 Å². The molecule has 1 saturated carbocycles. The van der Waals surface area contributed by atoms with Gasteiger partial charge in [0.2, 0.25) is 11.8 Å². The third kappa shape index (κ3) is 3.41. The summed E-state index contributed by atoms with van der Waals surface area (Å²) in [5.74, 6) is 1.13. The highest BCUT2D eigenvalue weighted by atomic mass is 35.5. The van der Waals surface area contributed by atoms with Gasteiger partial charge in [0, 0.05) is 12.1 Å². The Morgan fingerprint density at radius 2 is 1.92 bits per heavy atom. The summed E-state index contributed by atoms with van der Waals surface area (Å²) in [6, 6.07) is 8.03. The van der Waals surface area contributed by atoms with Crippen molar-refractivity contribution < 1.29 is 9.32 Å². The van der Waals surface area contributed by atoms with Gasteiger partial charge in [-0.25, -0.2) is 0 Å². The quantitative estimate of drug-likeness (QED) is 0.906. The molecule has 1 fully saturated rings. The highest BCUT2D eigenvalue weighted by Gasteiger charge is 2.36. The van der Waals surface area contributed by atoms with Gasteiger partial charge in [0.05, 0.1) is 5.54 Å². The van der Waals surface area contributed by atoms with Gasteiger partial charge in [-0.3, -0.25) is 4.79 Å². The number of fused-ring (bicyclic) bond motifs is 1. The first kappa shape index (κ1) is 17.9. The molecule has 0 atom stereocenters. The number of amides is 1. The topological polar surface area (TPSA) is 85.2 Å². The molecule has 2 N–H and O–H groups in total. The van der Waals surface area contributed by atoms with Crippen molar-refractivity contribution in [3.63, 3.8) is 0 Å². The molecule has 134 valence electrons. The van der Waals surface area contributed by atoms with Crippen molar-refractivity contribution >= 4 is 24.0 Å². The molecule has 1 aliphatic carbocycles. The van der Waals surface area contributed by atoms with Crippen LogP contribution >= 0.6 is 12.4 Å².